The van der Waals surface area contributed by atoms with Crippen molar-refractivity contribution in [2.45, 2.75) is 6.54 Å². The molecule has 1 aromatic carbocycles. The van der Waals surface area contributed by atoms with Gasteiger partial charge >= 0.3 is 0 Å². The summed E-state index contributed by atoms with van der Waals surface area (Å²) in [6, 6.07) is 7.75. The van der Waals surface area contributed by atoms with Crippen LogP contribution < -0.4 is 9.47 Å². The molecule has 0 aliphatic rings. The van der Waals surface area contributed by atoms with E-state index in [-0.39, 0.29) is 0 Å². The highest BCUT2D eigenvalue weighted by Crippen LogP contribution is 2.25. The minimum atomic E-state index is 0.546. The first-order chi connectivity index (χ1) is 8.60. The van der Waals surface area contributed by atoms with Gasteiger partial charge in [-0.1, -0.05) is 12.6 Å². The molecule has 0 atom stereocenters. The van der Waals surface area contributed by atoms with E-state index in [1.165, 1.54) is 0 Å². The Morgan fingerprint density at radius 1 is 1.39 bits per heavy atom. The molecule has 0 bridgehead atoms. The summed E-state index contributed by atoms with van der Waals surface area (Å²) in [4.78, 5) is 2.01. The fourth-order valence-corrected chi connectivity index (χ4v) is 1.69. The molecule has 0 radical (unpaired) electrons. The highest BCUT2D eigenvalue weighted by Gasteiger charge is 2.08. The van der Waals surface area contributed by atoms with Crippen LogP contribution in [0.5, 0.6) is 11.5 Å². The summed E-state index contributed by atoms with van der Waals surface area (Å²) in [7, 11) is 5.19. The molecule has 0 aliphatic carbocycles. The Hall–Kier alpha value is -1.99. The van der Waals surface area contributed by atoms with Gasteiger partial charge in [0.1, 0.15) is 11.5 Å². The van der Waals surface area contributed by atoms with Gasteiger partial charge in [0.05, 0.1) is 20.3 Å². The SMILES string of the molecule is C=C(C#N)CN(C)Cc1ccc(OC)cc1OC. The average Bonchev–Trinajstić information content (AvgIpc) is 2.38. The molecule has 0 unspecified atom stereocenters. The van der Waals surface area contributed by atoms with Crippen molar-refractivity contribution in [2.75, 3.05) is 27.8 Å². The summed E-state index contributed by atoms with van der Waals surface area (Å²) < 4.78 is 10.5. The van der Waals surface area contributed by atoms with Crippen molar-refractivity contribution in [1.29, 1.82) is 5.26 Å². The molecule has 0 saturated heterocycles. The van der Waals surface area contributed by atoms with Gasteiger partial charge in [0, 0.05) is 30.3 Å². The van der Waals surface area contributed by atoms with E-state index in [2.05, 4.69) is 6.58 Å². The van der Waals surface area contributed by atoms with Crippen LogP contribution in [0, 0.1) is 11.3 Å². The fourth-order valence-electron chi connectivity index (χ4n) is 1.69. The first-order valence-electron chi connectivity index (χ1n) is 5.58. The number of rotatable bonds is 6. The second-order valence-electron chi connectivity index (χ2n) is 4.07. The van der Waals surface area contributed by atoms with Crippen LogP contribution in [-0.2, 0) is 6.54 Å². The van der Waals surface area contributed by atoms with Gasteiger partial charge in [-0.3, -0.25) is 4.90 Å². The van der Waals surface area contributed by atoms with Crippen molar-refractivity contribution in [3.05, 3.63) is 35.9 Å². The molecule has 0 amide bonds. The molecule has 4 nitrogen and oxygen atoms in total. The lowest BCUT2D eigenvalue weighted by atomic mass is 10.1. The highest BCUT2D eigenvalue weighted by atomic mass is 16.5. The minimum absolute atomic E-state index is 0.546. The number of nitrogens with zero attached hydrogens (tertiary/aromatic N) is 2. The summed E-state index contributed by atoms with van der Waals surface area (Å²) in [5, 5.41) is 8.70. The molecule has 1 rings (SSSR count). The molecule has 0 aliphatic heterocycles. The Bertz CT molecular complexity index is 463. The van der Waals surface area contributed by atoms with E-state index in [1.54, 1.807) is 14.2 Å². The Kier molecular flexibility index (Phi) is 5.22. The Morgan fingerprint density at radius 3 is 2.67 bits per heavy atom. The van der Waals surface area contributed by atoms with Crippen LogP contribution >= 0.6 is 0 Å². The van der Waals surface area contributed by atoms with Crippen LogP contribution in [0.25, 0.3) is 0 Å². The molecule has 0 N–H and O–H groups in total. The molecule has 96 valence electrons. The summed E-state index contributed by atoms with van der Waals surface area (Å²) in [6.45, 7) is 4.91. The molecule has 18 heavy (non-hydrogen) atoms. The van der Waals surface area contributed by atoms with Crippen LogP contribution in [0.3, 0.4) is 0 Å². The molecule has 0 heterocycles. The van der Waals surface area contributed by atoms with E-state index in [9.17, 15) is 0 Å². The number of ether oxygens (including phenoxy) is 2. The maximum atomic E-state index is 8.70. The number of likely N-dealkylation sites (N-methyl/N-ethyl adjacent to an activating group) is 1. The van der Waals surface area contributed by atoms with Crippen molar-refractivity contribution < 1.29 is 9.47 Å². The molecule has 0 spiro atoms. The summed E-state index contributed by atoms with van der Waals surface area (Å²) >= 11 is 0. The average molecular weight is 246 g/mol. The number of nitriles is 1. The van der Waals surface area contributed by atoms with Crippen molar-refractivity contribution in [1.82, 2.24) is 4.90 Å². The van der Waals surface area contributed by atoms with Gasteiger partial charge in [-0.25, -0.2) is 0 Å². The van der Waals surface area contributed by atoms with E-state index >= 15 is 0 Å². The van der Waals surface area contributed by atoms with E-state index in [0.29, 0.717) is 18.7 Å². The zero-order chi connectivity index (χ0) is 13.5. The van der Waals surface area contributed by atoms with Gasteiger partial charge in [-0.05, 0) is 13.1 Å². The fraction of sp³-hybridized carbons (Fsp3) is 0.357. The van der Waals surface area contributed by atoms with Gasteiger partial charge in [-0.15, -0.1) is 0 Å². The molecule has 4 heteroatoms. The quantitative estimate of drug-likeness (QED) is 0.722. The van der Waals surface area contributed by atoms with Crippen molar-refractivity contribution in [2.24, 2.45) is 0 Å². The number of benzene rings is 1. The third kappa shape index (κ3) is 3.79. The van der Waals surface area contributed by atoms with E-state index in [4.69, 9.17) is 14.7 Å². The minimum Gasteiger partial charge on any atom is -0.497 e. The lowest BCUT2D eigenvalue weighted by Crippen LogP contribution is -2.20. The highest BCUT2D eigenvalue weighted by molar-refractivity contribution is 5.40. The maximum Gasteiger partial charge on any atom is 0.127 e. The maximum absolute atomic E-state index is 8.70. The number of hydrogen-bond acceptors (Lipinski definition) is 4. The number of hydrogen-bond donors (Lipinski definition) is 0. The van der Waals surface area contributed by atoms with Gasteiger partial charge in [0.15, 0.2) is 0 Å². The van der Waals surface area contributed by atoms with Crippen molar-refractivity contribution >= 4 is 0 Å². The van der Waals surface area contributed by atoms with Crippen molar-refractivity contribution in [3.8, 4) is 17.6 Å². The lowest BCUT2D eigenvalue weighted by Gasteiger charge is -2.18. The van der Waals surface area contributed by atoms with Gasteiger partial charge < -0.3 is 9.47 Å². The van der Waals surface area contributed by atoms with Crippen LogP contribution in [0.15, 0.2) is 30.4 Å². The molecular formula is C14H18N2O2. The van der Waals surface area contributed by atoms with Gasteiger partial charge in [0.2, 0.25) is 0 Å². The first kappa shape index (κ1) is 14.1. The summed E-state index contributed by atoms with van der Waals surface area (Å²) in [5.41, 5.74) is 1.59. The Labute approximate surface area is 108 Å². The van der Waals surface area contributed by atoms with Crippen LogP contribution in [0.1, 0.15) is 5.56 Å². The van der Waals surface area contributed by atoms with E-state index in [0.717, 1.165) is 17.1 Å². The summed E-state index contributed by atoms with van der Waals surface area (Å²) in [5.74, 6) is 1.54. The van der Waals surface area contributed by atoms with Crippen molar-refractivity contribution in [3.63, 3.8) is 0 Å². The zero-order valence-corrected chi connectivity index (χ0v) is 11.1. The van der Waals surface area contributed by atoms with Crippen LogP contribution in [0.2, 0.25) is 0 Å². The number of methoxy groups -OCH3 is 2. The van der Waals surface area contributed by atoms with Gasteiger partial charge in [0.25, 0.3) is 0 Å². The molecule has 1 aromatic rings. The second kappa shape index (κ2) is 6.67. The zero-order valence-electron chi connectivity index (χ0n) is 11.1. The van der Waals surface area contributed by atoms with Crippen LogP contribution in [-0.4, -0.2) is 32.7 Å². The largest absolute Gasteiger partial charge is 0.497 e. The first-order valence-corrected chi connectivity index (χ1v) is 5.58. The second-order valence-corrected chi connectivity index (χ2v) is 4.07. The molecule has 0 aromatic heterocycles. The van der Waals surface area contributed by atoms with Gasteiger partial charge in [-0.2, -0.15) is 5.26 Å². The van der Waals surface area contributed by atoms with Crippen LogP contribution in [0.4, 0.5) is 0 Å². The Morgan fingerprint density at radius 2 is 2.11 bits per heavy atom. The third-order valence-corrected chi connectivity index (χ3v) is 2.55. The standard InChI is InChI=1S/C14H18N2O2/c1-11(8-15)9-16(2)10-12-5-6-13(17-3)7-14(12)18-4/h5-7H,1,9-10H2,2-4H3. The van der Waals surface area contributed by atoms with E-state index in [1.807, 2.05) is 36.2 Å². The smallest absolute Gasteiger partial charge is 0.127 e. The topological polar surface area (TPSA) is 45.5 Å². The predicted molar refractivity (Wildman–Crippen MR) is 70.6 cm³/mol. The Balaban J connectivity index is 2.78. The molecular weight excluding hydrogens is 228 g/mol. The predicted octanol–water partition coefficient (Wildman–Crippen LogP) is 2.22. The molecule has 0 fully saturated rings. The third-order valence-electron chi connectivity index (χ3n) is 2.55. The lowest BCUT2D eigenvalue weighted by molar-refractivity contribution is 0.341. The normalized spacial score (nSPS) is 9.94. The van der Waals surface area contributed by atoms with E-state index < -0.39 is 0 Å². The molecule has 0 saturated carbocycles. The summed E-state index contributed by atoms with van der Waals surface area (Å²) in [6.07, 6.45) is 0. The monoisotopic (exact) mass is 246 g/mol.